The van der Waals surface area contributed by atoms with Crippen LogP contribution in [0.1, 0.15) is 24.2 Å². The van der Waals surface area contributed by atoms with Crippen LogP contribution in [0.3, 0.4) is 0 Å². The van der Waals surface area contributed by atoms with Crippen LogP contribution in [0.15, 0.2) is 17.0 Å². The molecule has 0 aliphatic carbocycles. The van der Waals surface area contributed by atoms with Crippen LogP contribution >= 0.6 is 0 Å². The van der Waals surface area contributed by atoms with E-state index in [4.69, 9.17) is 14.2 Å². The second-order valence-corrected chi connectivity index (χ2v) is 6.86. The maximum atomic E-state index is 14.4. The van der Waals surface area contributed by atoms with Crippen molar-refractivity contribution in [2.75, 3.05) is 39.5 Å². The van der Waals surface area contributed by atoms with Gasteiger partial charge in [-0.05, 0) is 19.9 Å². The number of carbonyl (C=O) groups is 1. The van der Waals surface area contributed by atoms with Crippen molar-refractivity contribution in [3.63, 3.8) is 0 Å². The third kappa shape index (κ3) is 3.85. The van der Waals surface area contributed by atoms with Crippen LogP contribution in [0.25, 0.3) is 0 Å². The maximum absolute atomic E-state index is 14.4. The zero-order valence-corrected chi connectivity index (χ0v) is 14.4. The van der Waals surface area contributed by atoms with E-state index in [1.165, 1.54) is 0 Å². The number of halogens is 1. The van der Waals surface area contributed by atoms with Gasteiger partial charge < -0.3 is 14.2 Å². The molecule has 0 unspecified atom stereocenters. The molecular weight excluding hydrogens is 341 g/mol. The molecule has 9 heteroatoms. The summed E-state index contributed by atoms with van der Waals surface area (Å²) in [5.74, 6) is -1.79. The van der Waals surface area contributed by atoms with E-state index < -0.39 is 26.7 Å². The highest BCUT2D eigenvalue weighted by Gasteiger charge is 2.31. The fourth-order valence-corrected chi connectivity index (χ4v) is 3.78. The Morgan fingerprint density at radius 2 is 1.92 bits per heavy atom. The fourth-order valence-electron chi connectivity index (χ4n) is 2.30. The van der Waals surface area contributed by atoms with E-state index in [0.29, 0.717) is 0 Å². The quantitative estimate of drug-likeness (QED) is 0.713. The van der Waals surface area contributed by atoms with E-state index >= 15 is 0 Å². The molecule has 2 rings (SSSR count). The minimum absolute atomic E-state index is 0.0469. The second kappa shape index (κ2) is 7.91. The van der Waals surface area contributed by atoms with Gasteiger partial charge in [0, 0.05) is 19.2 Å². The van der Waals surface area contributed by atoms with Crippen LogP contribution < -0.4 is 4.74 Å². The van der Waals surface area contributed by atoms with E-state index in [1.807, 2.05) is 0 Å². The van der Waals surface area contributed by atoms with Gasteiger partial charge in [-0.1, -0.05) is 0 Å². The maximum Gasteiger partial charge on any atom is 0.341 e. The zero-order chi connectivity index (χ0) is 17.7. The first kappa shape index (κ1) is 18.6. The van der Waals surface area contributed by atoms with Crippen molar-refractivity contribution >= 4 is 16.0 Å². The molecule has 1 aromatic rings. The van der Waals surface area contributed by atoms with Crippen LogP contribution in [-0.4, -0.2) is 58.2 Å². The van der Waals surface area contributed by atoms with Crippen molar-refractivity contribution in [1.29, 1.82) is 0 Å². The van der Waals surface area contributed by atoms with Gasteiger partial charge in [0.25, 0.3) is 0 Å². The zero-order valence-electron chi connectivity index (χ0n) is 13.6. The summed E-state index contributed by atoms with van der Waals surface area (Å²) < 4.78 is 56.0. The Hall–Kier alpha value is -1.71. The predicted molar refractivity (Wildman–Crippen MR) is 83.1 cm³/mol. The van der Waals surface area contributed by atoms with Crippen molar-refractivity contribution in [1.82, 2.24) is 4.31 Å². The molecule has 0 bridgehead atoms. The Kier molecular flexibility index (Phi) is 6.14. The van der Waals surface area contributed by atoms with Crippen LogP contribution in [0.5, 0.6) is 5.75 Å². The molecule has 7 nitrogen and oxygen atoms in total. The van der Waals surface area contributed by atoms with Gasteiger partial charge in [0.2, 0.25) is 10.0 Å². The first-order valence-corrected chi connectivity index (χ1v) is 9.07. The van der Waals surface area contributed by atoms with E-state index in [9.17, 15) is 17.6 Å². The van der Waals surface area contributed by atoms with Crippen LogP contribution in [0.2, 0.25) is 0 Å². The lowest BCUT2D eigenvalue weighted by atomic mass is 10.2. The minimum atomic E-state index is -4.08. The number of nitrogens with zero attached hydrogens (tertiary/aromatic N) is 1. The second-order valence-electron chi connectivity index (χ2n) is 4.95. The summed E-state index contributed by atoms with van der Waals surface area (Å²) in [6.07, 6.45) is 0. The number of hydrogen-bond donors (Lipinski definition) is 0. The first-order valence-electron chi connectivity index (χ1n) is 7.63. The first-order chi connectivity index (χ1) is 11.4. The molecule has 1 saturated heterocycles. The number of ether oxygens (including phenoxy) is 3. The molecule has 0 saturated carbocycles. The third-order valence-electron chi connectivity index (χ3n) is 3.42. The van der Waals surface area contributed by atoms with Crippen molar-refractivity contribution in [3.8, 4) is 5.75 Å². The lowest BCUT2D eigenvalue weighted by Gasteiger charge is -2.26. The molecule has 24 heavy (non-hydrogen) atoms. The largest absolute Gasteiger partial charge is 0.493 e. The third-order valence-corrected chi connectivity index (χ3v) is 5.33. The highest BCUT2D eigenvalue weighted by molar-refractivity contribution is 7.89. The SMILES string of the molecule is CCOC(=O)c1cc(S(=O)(=O)N2CCOCC2)c(F)cc1OCC. The van der Waals surface area contributed by atoms with E-state index in [-0.39, 0.29) is 50.8 Å². The molecule has 0 amide bonds. The van der Waals surface area contributed by atoms with Gasteiger partial charge in [-0.2, -0.15) is 4.31 Å². The molecule has 1 fully saturated rings. The van der Waals surface area contributed by atoms with Gasteiger partial charge in [0.1, 0.15) is 22.0 Å². The molecule has 0 radical (unpaired) electrons. The molecule has 134 valence electrons. The van der Waals surface area contributed by atoms with Gasteiger partial charge in [0.15, 0.2) is 0 Å². The highest BCUT2D eigenvalue weighted by atomic mass is 32.2. The summed E-state index contributed by atoms with van der Waals surface area (Å²) in [7, 11) is -4.08. The van der Waals surface area contributed by atoms with Crippen molar-refractivity contribution in [2.24, 2.45) is 0 Å². The summed E-state index contributed by atoms with van der Waals surface area (Å²) >= 11 is 0. The van der Waals surface area contributed by atoms with Crippen molar-refractivity contribution in [2.45, 2.75) is 18.7 Å². The summed E-state index contributed by atoms with van der Waals surface area (Å²) in [5.41, 5.74) is -0.119. The van der Waals surface area contributed by atoms with Crippen LogP contribution in [0.4, 0.5) is 4.39 Å². The number of rotatable bonds is 6. The van der Waals surface area contributed by atoms with Crippen molar-refractivity contribution < 1.29 is 31.8 Å². The number of hydrogen-bond acceptors (Lipinski definition) is 6. The van der Waals surface area contributed by atoms with Crippen LogP contribution in [-0.2, 0) is 19.5 Å². The molecule has 1 heterocycles. The molecule has 0 aromatic heterocycles. The van der Waals surface area contributed by atoms with E-state index in [1.54, 1.807) is 13.8 Å². The van der Waals surface area contributed by atoms with E-state index in [2.05, 4.69) is 0 Å². The van der Waals surface area contributed by atoms with Crippen LogP contribution in [0, 0.1) is 5.82 Å². The lowest BCUT2D eigenvalue weighted by molar-refractivity contribution is 0.0521. The Morgan fingerprint density at radius 3 is 2.50 bits per heavy atom. The van der Waals surface area contributed by atoms with Gasteiger partial charge in [0.05, 0.1) is 26.4 Å². The lowest BCUT2D eigenvalue weighted by Crippen LogP contribution is -2.41. The summed E-state index contributed by atoms with van der Waals surface area (Å²) in [6.45, 7) is 4.33. The summed E-state index contributed by atoms with van der Waals surface area (Å²) in [6, 6.07) is 1.88. The van der Waals surface area contributed by atoms with Gasteiger partial charge in [-0.15, -0.1) is 0 Å². The molecular formula is C15H20FNO6S. The Labute approximate surface area is 140 Å². The monoisotopic (exact) mass is 361 g/mol. The smallest absolute Gasteiger partial charge is 0.341 e. The Morgan fingerprint density at radius 1 is 1.25 bits per heavy atom. The highest BCUT2D eigenvalue weighted by Crippen LogP contribution is 2.29. The summed E-state index contributed by atoms with van der Waals surface area (Å²) in [4.78, 5) is 11.5. The van der Waals surface area contributed by atoms with Gasteiger partial charge in [-0.3, -0.25) is 0 Å². The minimum Gasteiger partial charge on any atom is -0.493 e. The molecule has 1 aliphatic heterocycles. The Balaban J connectivity index is 2.49. The number of sulfonamides is 1. The van der Waals surface area contributed by atoms with E-state index in [0.717, 1.165) is 16.4 Å². The molecule has 0 atom stereocenters. The molecule has 1 aromatic carbocycles. The number of morpholine rings is 1. The number of carbonyl (C=O) groups excluding carboxylic acids is 1. The normalized spacial score (nSPS) is 16.0. The van der Waals surface area contributed by atoms with Crippen molar-refractivity contribution in [3.05, 3.63) is 23.5 Å². The molecule has 0 spiro atoms. The average molecular weight is 361 g/mol. The predicted octanol–water partition coefficient (Wildman–Crippen LogP) is 1.42. The topological polar surface area (TPSA) is 82.1 Å². The molecule has 0 N–H and O–H groups in total. The number of benzene rings is 1. The molecule has 1 aliphatic rings. The average Bonchev–Trinajstić information content (AvgIpc) is 2.56. The number of esters is 1. The summed E-state index contributed by atoms with van der Waals surface area (Å²) in [5, 5.41) is 0. The van der Waals surface area contributed by atoms with Gasteiger partial charge >= 0.3 is 5.97 Å². The fraction of sp³-hybridized carbons (Fsp3) is 0.533. The standard InChI is InChI=1S/C15H20FNO6S/c1-3-22-13-10-12(16)14(9-11(13)15(18)23-4-2)24(19,20)17-5-7-21-8-6-17/h9-10H,3-8H2,1-2H3. The Bertz CT molecular complexity index is 700. The van der Waals surface area contributed by atoms with Gasteiger partial charge in [-0.25, -0.2) is 17.6 Å².